The maximum atomic E-state index is 14.7. The maximum absolute atomic E-state index is 14.7. The number of carbonyl (C=O) groups is 2. The summed E-state index contributed by atoms with van der Waals surface area (Å²) in [5.74, 6) is -0.0989. The SMILES string of the molecule is CC(C)c1ncnc(N2CCC(N3CC(=O)N(C4CC4)C3=O)CC2)c1F. The van der Waals surface area contributed by atoms with Crippen molar-refractivity contribution in [1.29, 1.82) is 0 Å². The highest BCUT2D eigenvalue weighted by atomic mass is 19.1. The van der Waals surface area contributed by atoms with Crippen LogP contribution in [0.25, 0.3) is 0 Å². The normalized spacial score (nSPS) is 22.1. The van der Waals surface area contributed by atoms with E-state index in [1.807, 2.05) is 18.7 Å². The molecule has 1 saturated carbocycles. The molecular formula is C18H24FN5O2. The molecule has 0 radical (unpaired) electrons. The number of hydrogen-bond acceptors (Lipinski definition) is 5. The molecule has 140 valence electrons. The fourth-order valence-electron chi connectivity index (χ4n) is 3.90. The molecule has 0 N–H and O–H groups in total. The highest BCUT2D eigenvalue weighted by molar-refractivity contribution is 6.02. The maximum Gasteiger partial charge on any atom is 0.327 e. The zero-order valence-electron chi connectivity index (χ0n) is 15.2. The molecule has 2 saturated heterocycles. The zero-order valence-corrected chi connectivity index (χ0v) is 15.2. The smallest absolute Gasteiger partial charge is 0.327 e. The van der Waals surface area contributed by atoms with Crippen molar-refractivity contribution in [1.82, 2.24) is 19.8 Å². The predicted molar refractivity (Wildman–Crippen MR) is 93.3 cm³/mol. The molecule has 8 heteroatoms. The second-order valence-corrected chi connectivity index (χ2v) is 7.67. The predicted octanol–water partition coefficient (Wildman–Crippen LogP) is 2.13. The van der Waals surface area contributed by atoms with E-state index in [1.54, 1.807) is 4.90 Å². The largest absolute Gasteiger partial charge is 0.354 e. The van der Waals surface area contributed by atoms with Crippen LogP contribution in [0.1, 0.15) is 51.1 Å². The Labute approximate surface area is 152 Å². The number of anilines is 1. The molecule has 0 spiro atoms. The van der Waals surface area contributed by atoms with Crippen molar-refractivity contribution in [3.8, 4) is 0 Å². The summed E-state index contributed by atoms with van der Waals surface area (Å²) in [6, 6.07) is -0.00293. The van der Waals surface area contributed by atoms with Crippen molar-refractivity contribution in [3.05, 3.63) is 17.8 Å². The van der Waals surface area contributed by atoms with Gasteiger partial charge in [-0.3, -0.25) is 9.69 Å². The molecule has 3 aliphatic rings. The van der Waals surface area contributed by atoms with Crippen LogP contribution >= 0.6 is 0 Å². The Morgan fingerprint density at radius 2 is 1.77 bits per heavy atom. The number of rotatable bonds is 4. The van der Waals surface area contributed by atoms with Gasteiger partial charge in [-0.15, -0.1) is 0 Å². The summed E-state index contributed by atoms with van der Waals surface area (Å²) in [7, 11) is 0. The quantitative estimate of drug-likeness (QED) is 0.769. The third-order valence-corrected chi connectivity index (χ3v) is 5.49. The average Bonchev–Trinajstić information content (AvgIpc) is 3.40. The van der Waals surface area contributed by atoms with Gasteiger partial charge in [-0.05, 0) is 31.6 Å². The minimum absolute atomic E-state index is 0.00377. The molecule has 0 aromatic carbocycles. The molecule has 1 aliphatic carbocycles. The van der Waals surface area contributed by atoms with Crippen LogP contribution in [0.3, 0.4) is 0 Å². The summed E-state index contributed by atoms with van der Waals surface area (Å²) in [5.41, 5.74) is 0.428. The molecule has 7 nitrogen and oxygen atoms in total. The lowest BCUT2D eigenvalue weighted by atomic mass is 10.0. The van der Waals surface area contributed by atoms with Crippen LogP contribution in [0.4, 0.5) is 15.0 Å². The molecular weight excluding hydrogens is 337 g/mol. The van der Waals surface area contributed by atoms with Crippen LogP contribution in [0.5, 0.6) is 0 Å². The Balaban J connectivity index is 1.43. The topological polar surface area (TPSA) is 69.6 Å². The van der Waals surface area contributed by atoms with Crippen LogP contribution in [-0.2, 0) is 4.79 Å². The number of amides is 3. The van der Waals surface area contributed by atoms with E-state index >= 15 is 0 Å². The van der Waals surface area contributed by atoms with Crippen molar-refractivity contribution >= 4 is 17.8 Å². The van der Waals surface area contributed by atoms with Gasteiger partial charge in [0.1, 0.15) is 12.9 Å². The number of carbonyl (C=O) groups excluding carboxylic acids is 2. The summed E-state index contributed by atoms with van der Waals surface area (Å²) < 4.78 is 14.7. The minimum Gasteiger partial charge on any atom is -0.354 e. The molecule has 3 fully saturated rings. The third-order valence-electron chi connectivity index (χ3n) is 5.49. The van der Waals surface area contributed by atoms with Crippen LogP contribution in [0.15, 0.2) is 6.33 Å². The summed E-state index contributed by atoms with van der Waals surface area (Å²) >= 11 is 0. The van der Waals surface area contributed by atoms with Crippen molar-refractivity contribution < 1.29 is 14.0 Å². The van der Waals surface area contributed by atoms with E-state index in [2.05, 4.69) is 9.97 Å². The van der Waals surface area contributed by atoms with Crippen molar-refractivity contribution in [2.24, 2.45) is 0 Å². The van der Waals surface area contributed by atoms with Crippen LogP contribution in [0.2, 0.25) is 0 Å². The van der Waals surface area contributed by atoms with E-state index in [9.17, 15) is 14.0 Å². The highest BCUT2D eigenvalue weighted by Gasteiger charge is 2.47. The van der Waals surface area contributed by atoms with Crippen molar-refractivity contribution in [2.75, 3.05) is 24.5 Å². The second kappa shape index (κ2) is 6.48. The first kappa shape index (κ1) is 17.2. The van der Waals surface area contributed by atoms with Gasteiger partial charge in [-0.2, -0.15) is 0 Å². The van der Waals surface area contributed by atoms with Gasteiger partial charge >= 0.3 is 6.03 Å². The molecule has 2 aliphatic heterocycles. The van der Waals surface area contributed by atoms with E-state index in [1.165, 1.54) is 11.2 Å². The van der Waals surface area contributed by atoms with Gasteiger partial charge in [0.2, 0.25) is 0 Å². The highest BCUT2D eigenvalue weighted by Crippen LogP contribution is 2.33. The molecule has 26 heavy (non-hydrogen) atoms. The first-order chi connectivity index (χ1) is 12.5. The Morgan fingerprint density at radius 3 is 2.38 bits per heavy atom. The van der Waals surface area contributed by atoms with Gasteiger partial charge in [-0.25, -0.2) is 19.2 Å². The number of urea groups is 1. The Hall–Kier alpha value is -2.25. The molecule has 1 aromatic rings. The molecule has 3 amide bonds. The molecule has 0 atom stereocenters. The van der Waals surface area contributed by atoms with E-state index in [-0.39, 0.29) is 42.3 Å². The van der Waals surface area contributed by atoms with Crippen molar-refractivity contribution in [3.63, 3.8) is 0 Å². The van der Waals surface area contributed by atoms with E-state index < -0.39 is 0 Å². The summed E-state index contributed by atoms with van der Waals surface area (Å²) in [5, 5.41) is 0. The number of hydrogen-bond donors (Lipinski definition) is 0. The van der Waals surface area contributed by atoms with Crippen LogP contribution in [-0.4, -0.2) is 63.4 Å². The Morgan fingerprint density at radius 1 is 1.08 bits per heavy atom. The first-order valence-electron chi connectivity index (χ1n) is 9.35. The molecule has 4 rings (SSSR count). The van der Waals surface area contributed by atoms with E-state index in [0.717, 1.165) is 12.8 Å². The van der Waals surface area contributed by atoms with E-state index in [0.29, 0.717) is 37.4 Å². The molecule has 0 bridgehead atoms. The Bertz CT molecular complexity index is 728. The molecule has 3 heterocycles. The van der Waals surface area contributed by atoms with Gasteiger partial charge in [0.05, 0.1) is 5.69 Å². The first-order valence-corrected chi connectivity index (χ1v) is 9.35. The summed E-state index contributed by atoms with van der Waals surface area (Å²) in [6.07, 6.45) is 4.68. The van der Waals surface area contributed by atoms with E-state index in [4.69, 9.17) is 0 Å². The summed E-state index contributed by atoms with van der Waals surface area (Å²) in [6.45, 7) is 5.21. The van der Waals surface area contributed by atoms with Gasteiger partial charge in [-0.1, -0.05) is 13.8 Å². The monoisotopic (exact) mass is 361 g/mol. The standard InChI is InChI=1S/C18H24FN5O2/c1-11(2)16-15(19)17(21-10-20-16)22-7-5-12(6-8-22)23-9-14(25)24(18(23)26)13-3-4-13/h10-13H,3-9H2,1-2H3. The lowest BCUT2D eigenvalue weighted by Gasteiger charge is -2.36. The molecule has 0 unspecified atom stereocenters. The lowest BCUT2D eigenvalue weighted by Crippen LogP contribution is -2.47. The summed E-state index contributed by atoms with van der Waals surface area (Å²) in [4.78, 5) is 37.9. The molecule has 1 aromatic heterocycles. The van der Waals surface area contributed by atoms with Gasteiger partial charge in [0.15, 0.2) is 11.6 Å². The lowest BCUT2D eigenvalue weighted by molar-refractivity contribution is -0.125. The van der Waals surface area contributed by atoms with Crippen LogP contribution < -0.4 is 4.90 Å². The van der Waals surface area contributed by atoms with Gasteiger partial charge < -0.3 is 9.80 Å². The Kier molecular flexibility index (Phi) is 4.28. The fourth-order valence-corrected chi connectivity index (χ4v) is 3.90. The van der Waals surface area contributed by atoms with Gasteiger partial charge in [0, 0.05) is 25.2 Å². The average molecular weight is 361 g/mol. The third kappa shape index (κ3) is 2.91. The number of imide groups is 1. The number of halogens is 1. The zero-order chi connectivity index (χ0) is 18.4. The van der Waals surface area contributed by atoms with Crippen LogP contribution in [0, 0.1) is 5.82 Å². The minimum atomic E-state index is -0.353. The van der Waals surface area contributed by atoms with Gasteiger partial charge in [0.25, 0.3) is 5.91 Å². The second-order valence-electron chi connectivity index (χ2n) is 7.67. The number of aromatic nitrogens is 2. The number of nitrogens with zero attached hydrogens (tertiary/aromatic N) is 5. The van der Waals surface area contributed by atoms with Crippen molar-refractivity contribution in [2.45, 2.75) is 57.5 Å². The number of piperidine rings is 1. The fraction of sp³-hybridized carbons (Fsp3) is 0.667.